The fourth-order valence-electron chi connectivity index (χ4n) is 8.11. The molecule has 4 aliphatic heterocycles. The molecule has 4 aliphatic rings. The second kappa shape index (κ2) is 10.1. The molecule has 0 saturated carbocycles. The van der Waals surface area contributed by atoms with Gasteiger partial charge in [0, 0.05) is 54.5 Å². The van der Waals surface area contributed by atoms with Gasteiger partial charge in [0.2, 0.25) is 0 Å². The number of nitrogens with one attached hydrogen (secondary N) is 1. The van der Waals surface area contributed by atoms with Crippen LogP contribution in [0.25, 0.3) is 32.8 Å². The molecule has 0 amide bonds. The molecule has 4 saturated heterocycles. The predicted molar refractivity (Wildman–Crippen MR) is 161 cm³/mol. The molecule has 0 spiro atoms. The van der Waals surface area contributed by atoms with E-state index in [1.54, 1.807) is 18.2 Å². The van der Waals surface area contributed by atoms with Crippen molar-refractivity contribution < 1.29 is 17.9 Å². The van der Waals surface area contributed by atoms with Gasteiger partial charge in [-0.15, -0.1) is 6.42 Å². The average Bonchev–Trinajstić information content (AvgIpc) is 3.62. The van der Waals surface area contributed by atoms with Crippen LogP contribution in [0.15, 0.2) is 42.5 Å². The van der Waals surface area contributed by atoms with Gasteiger partial charge < -0.3 is 15.0 Å². The number of terminal acetylenes is 1. The molecule has 4 fully saturated rings. The summed E-state index contributed by atoms with van der Waals surface area (Å²) in [6.07, 6.45) is 9.04. The van der Waals surface area contributed by atoms with Gasteiger partial charge in [-0.05, 0) is 55.3 Å². The van der Waals surface area contributed by atoms with Crippen molar-refractivity contribution in [1.29, 1.82) is 0 Å². The molecule has 0 aliphatic carbocycles. The van der Waals surface area contributed by atoms with Crippen molar-refractivity contribution in [2.75, 3.05) is 37.7 Å². The second-order valence-electron chi connectivity index (χ2n) is 12.4. The minimum Gasteiger partial charge on any atom is -0.461 e. The normalized spacial score (nSPS) is 26.7. The summed E-state index contributed by atoms with van der Waals surface area (Å²) in [5.41, 5.74) is 0.331. The first-order valence-corrected chi connectivity index (χ1v) is 15.2. The van der Waals surface area contributed by atoms with Gasteiger partial charge in [-0.2, -0.15) is 9.97 Å². The van der Waals surface area contributed by atoms with Crippen LogP contribution in [0.3, 0.4) is 0 Å². The topological polar surface area (TPSA) is 53.5 Å². The number of piperazine rings is 1. The lowest BCUT2D eigenvalue weighted by molar-refractivity contribution is 0.107. The second-order valence-corrected chi connectivity index (χ2v) is 12.4. The highest BCUT2D eigenvalue weighted by Crippen LogP contribution is 2.43. The molecule has 220 valence electrons. The highest BCUT2D eigenvalue weighted by atomic mass is 19.1. The van der Waals surface area contributed by atoms with E-state index in [4.69, 9.17) is 16.1 Å². The Labute approximate surface area is 248 Å². The number of fused-ring (bicyclic) bond motifs is 5. The highest BCUT2D eigenvalue weighted by Gasteiger charge is 2.49. The Morgan fingerprint density at radius 3 is 2.67 bits per heavy atom. The number of nitrogens with zero attached hydrogens (tertiary/aromatic N) is 4. The minimum absolute atomic E-state index is 0.0000857. The number of benzene rings is 3. The van der Waals surface area contributed by atoms with Crippen LogP contribution in [0.5, 0.6) is 6.01 Å². The Kier molecular flexibility index (Phi) is 6.28. The molecule has 5 heterocycles. The van der Waals surface area contributed by atoms with Gasteiger partial charge in [-0.1, -0.05) is 36.3 Å². The van der Waals surface area contributed by atoms with Crippen LogP contribution < -0.4 is 15.0 Å². The molecule has 8 rings (SSSR count). The monoisotopic (exact) mass is 583 g/mol. The van der Waals surface area contributed by atoms with Crippen LogP contribution in [0.4, 0.5) is 19.0 Å². The van der Waals surface area contributed by atoms with E-state index < -0.39 is 23.3 Å². The molecule has 1 aromatic heterocycles. The molecular weight excluding hydrogens is 551 g/mol. The molecule has 2 bridgehead atoms. The Morgan fingerprint density at radius 1 is 1.09 bits per heavy atom. The lowest BCUT2D eigenvalue weighted by Gasteiger charge is -2.37. The van der Waals surface area contributed by atoms with E-state index in [9.17, 15) is 4.39 Å². The fourth-order valence-corrected chi connectivity index (χ4v) is 8.11. The smallest absolute Gasteiger partial charge is 0.319 e. The molecular formula is C34H32F3N5O. The molecule has 9 heteroatoms. The van der Waals surface area contributed by atoms with E-state index in [2.05, 4.69) is 26.0 Å². The van der Waals surface area contributed by atoms with Gasteiger partial charge in [0.05, 0.1) is 11.1 Å². The molecule has 4 atom stereocenters. The highest BCUT2D eigenvalue weighted by molar-refractivity contribution is 6.03. The summed E-state index contributed by atoms with van der Waals surface area (Å²) in [7, 11) is 0. The van der Waals surface area contributed by atoms with E-state index in [0.717, 1.165) is 50.7 Å². The standard InChI is InChI=1S/C34H32F3N5O/c1-2-20-6-3-7-21-8-4-9-25(28(20)21)29-27(36)14-26-31(30(29)37)39-33(40-32(26)42-23-10-11-24(42)17-38-16-23)43-19-34-12-5-13-41(34)18-22(35)15-34/h1,3-4,6-9,14,22-24,38H,5,10-13,15-19H2/t22-,23-,24+,34+/m1/s1. The Balaban J connectivity index is 1.30. The van der Waals surface area contributed by atoms with E-state index in [0.29, 0.717) is 40.7 Å². The van der Waals surface area contributed by atoms with Crippen molar-refractivity contribution in [3.63, 3.8) is 0 Å². The lowest BCUT2D eigenvalue weighted by Crippen LogP contribution is -2.52. The quantitative estimate of drug-likeness (QED) is 0.309. The first kappa shape index (κ1) is 26.7. The molecule has 6 nitrogen and oxygen atoms in total. The summed E-state index contributed by atoms with van der Waals surface area (Å²) in [5.74, 6) is 1.66. The SMILES string of the molecule is C#Cc1cccc2cccc(-c3c(F)cc4c(N5[C@@H]6CC[C@H]5CNC6)nc(OC[C@@]56CCCN5C[C@H](F)C6)nc4c3F)c12. The number of anilines is 1. The third-order valence-electron chi connectivity index (χ3n) is 10.0. The van der Waals surface area contributed by atoms with Crippen molar-refractivity contribution in [1.82, 2.24) is 20.2 Å². The fraction of sp³-hybridized carbons (Fsp3) is 0.412. The van der Waals surface area contributed by atoms with Gasteiger partial charge in [0.25, 0.3) is 0 Å². The average molecular weight is 584 g/mol. The van der Waals surface area contributed by atoms with Crippen LogP contribution in [0.2, 0.25) is 0 Å². The summed E-state index contributed by atoms with van der Waals surface area (Å²) < 4.78 is 53.7. The van der Waals surface area contributed by atoms with Crippen LogP contribution in [0.1, 0.15) is 37.7 Å². The Bertz CT molecular complexity index is 1790. The summed E-state index contributed by atoms with van der Waals surface area (Å²) in [4.78, 5) is 13.7. The van der Waals surface area contributed by atoms with Gasteiger partial charge in [0.1, 0.15) is 29.9 Å². The largest absolute Gasteiger partial charge is 0.461 e. The Hall–Kier alpha value is -3.87. The zero-order valence-corrected chi connectivity index (χ0v) is 23.8. The first-order chi connectivity index (χ1) is 21.0. The predicted octanol–water partition coefficient (Wildman–Crippen LogP) is 5.61. The molecule has 0 unspecified atom stereocenters. The van der Waals surface area contributed by atoms with Crippen LogP contribution in [-0.4, -0.2) is 71.4 Å². The summed E-state index contributed by atoms with van der Waals surface area (Å²) in [5, 5.41) is 5.17. The summed E-state index contributed by atoms with van der Waals surface area (Å²) in [6.45, 7) is 2.99. The van der Waals surface area contributed by atoms with E-state index >= 15 is 8.78 Å². The van der Waals surface area contributed by atoms with Crippen molar-refractivity contribution in [2.24, 2.45) is 0 Å². The maximum atomic E-state index is 16.8. The number of rotatable bonds is 5. The van der Waals surface area contributed by atoms with Gasteiger partial charge in [-0.3, -0.25) is 4.90 Å². The molecule has 4 aromatic rings. The first-order valence-electron chi connectivity index (χ1n) is 15.2. The molecule has 1 N–H and O–H groups in total. The summed E-state index contributed by atoms with van der Waals surface area (Å²) >= 11 is 0. The zero-order chi connectivity index (χ0) is 29.3. The third kappa shape index (κ3) is 4.18. The number of ether oxygens (including phenoxy) is 1. The maximum Gasteiger partial charge on any atom is 0.319 e. The minimum atomic E-state index is -0.898. The Morgan fingerprint density at radius 2 is 1.88 bits per heavy atom. The lowest BCUT2D eigenvalue weighted by atomic mass is 9.93. The van der Waals surface area contributed by atoms with E-state index in [1.807, 2.05) is 18.2 Å². The van der Waals surface area contributed by atoms with E-state index in [1.165, 1.54) is 6.07 Å². The van der Waals surface area contributed by atoms with Crippen molar-refractivity contribution >= 4 is 27.5 Å². The summed E-state index contributed by atoms with van der Waals surface area (Å²) in [6, 6.07) is 12.5. The van der Waals surface area contributed by atoms with Crippen molar-refractivity contribution in [3.8, 4) is 29.5 Å². The molecule has 3 aromatic carbocycles. The number of alkyl halides is 1. The van der Waals surface area contributed by atoms with Gasteiger partial charge >= 0.3 is 6.01 Å². The number of hydrogen-bond donors (Lipinski definition) is 1. The molecule has 0 radical (unpaired) electrons. The number of halogens is 3. The van der Waals surface area contributed by atoms with Crippen LogP contribution in [0, 0.1) is 24.0 Å². The van der Waals surface area contributed by atoms with Crippen LogP contribution in [-0.2, 0) is 0 Å². The maximum absolute atomic E-state index is 16.8. The van der Waals surface area contributed by atoms with Gasteiger partial charge in [0.15, 0.2) is 5.82 Å². The number of hydrogen-bond acceptors (Lipinski definition) is 6. The van der Waals surface area contributed by atoms with Crippen molar-refractivity contribution in [2.45, 2.75) is 55.9 Å². The number of aromatic nitrogens is 2. The zero-order valence-electron chi connectivity index (χ0n) is 23.8. The molecule has 43 heavy (non-hydrogen) atoms. The van der Waals surface area contributed by atoms with Gasteiger partial charge in [-0.25, -0.2) is 13.2 Å². The van der Waals surface area contributed by atoms with Crippen LogP contribution >= 0.6 is 0 Å². The van der Waals surface area contributed by atoms with Crippen molar-refractivity contribution in [3.05, 3.63) is 59.7 Å². The van der Waals surface area contributed by atoms with E-state index in [-0.39, 0.29) is 35.8 Å². The third-order valence-corrected chi connectivity index (χ3v) is 10.0.